The molecule has 0 amide bonds. The topological polar surface area (TPSA) is 21.7 Å². The summed E-state index contributed by atoms with van der Waals surface area (Å²) in [6.07, 6.45) is 3.66. The van der Waals surface area contributed by atoms with Crippen molar-refractivity contribution in [3.63, 3.8) is 0 Å². The molecule has 1 aliphatic heterocycles. The summed E-state index contributed by atoms with van der Waals surface area (Å²) >= 11 is 3.56. The van der Waals surface area contributed by atoms with Gasteiger partial charge in [0.15, 0.2) is 0 Å². The van der Waals surface area contributed by atoms with Gasteiger partial charge >= 0.3 is 0 Å². The molecule has 0 spiro atoms. The predicted molar refractivity (Wildman–Crippen MR) is 65.7 cm³/mol. The van der Waals surface area contributed by atoms with Crippen LogP contribution in [-0.2, 0) is 9.47 Å². The molecule has 1 heterocycles. The summed E-state index contributed by atoms with van der Waals surface area (Å²) in [7, 11) is 1.73. The smallest absolute Gasteiger partial charge is 0.0593 e. The quantitative estimate of drug-likeness (QED) is 0.501. The molecule has 15 heavy (non-hydrogen) atoms. The average Bonchev–Trinajstić information content (AvgIpc) is 2.70. The highest BCUT2D eigenvalue weighted by atomic mass is 79.9. The van der Waals surface area contributed by atoms with E-state index in [4.69, 9.17) is 9.47 Å². The summed E-state index contributed by atoms with van der Waals surface area (Å²) in [6.45, 7) is 4.78. The van der Waals surface area contributed by atoms with Gasteiger partial charge in [0, 0.05) is 38.2 Å². The fourth-order valence-electron chi connectivity index (χ4n) is 1.95. The fourth-order valence-corrected chi connectivity index (χ4v) is 2.69. The van der Waals surface area contributed by atoms with E-state index in [-0.39, 0.29) is 0 Å². The summed E-state index contributed by atoms with van der Waals surface area (Å²) in [5.41, 5.74) is 0. The number of ether oxygens (including phenoxy) is 2. The summed E-state index contributed by atoms with van der Waals surface area (Å²) in [4.78, 5) is 2.52. The summed E-state index contributed by atoms with van der Waals surface area (Å²) in [6, 6.07) is 0.729. The van der Waals surface area contributed by atoms with Crippen molar-refractivity contribution in [2.24, 2.45) is 0 Å². The third-order valence-electron chi connectivity index (χ3n) is 2.84. The van der Waals surface area contributed by atoms with Crippen LogP contribution in [0.3, 0.4) is 0 Å². The van der Waals surface area contributed by atoms with E-state index in [1.165, 1.54) is 19.4 Å². The number of hydrogen-bond acceptors (Lipinski definition) is 3. The lowest BCUT2D eigenvalue weighted by atomic mass is 10.2. The number of methoxy groups -OCH3 is 1. The summed E-state index contributed by atoms with van der Waals surface area (Å²) in [5, 5.41) is 1.09. The van der Waals surface area contributed by atoms with Crippen molar-refractivity contribution in [1.82, 2.24) is 4.90 Å². The Kier molecular flexibility index (Phi) is 7.61. The minimum Gasteiger partial charge on any atom is -0.385 e. The number of alkyl halides is 1. The van der Waals surface area contributed by atoms with Gasteiger partial charge in [-0.15, -0.1) is 0 Å². The van der Waals surface area contributed by atoms with Crippen molar-refractivity contribution in [3.8, 4) is 0 Å². The second-order valence-corrected chi connectivity index (χ2v) is 4.59. The number of rotatable bonds is 8. The molecule has 0 aromatic rings. The Morgan fingerprint density at radius 2 is 2.20 bits per heavy atom. The van der Waals surface area contributed by atoms with Crippen LogP contribution in [0.25, 0.3) is 0 Å². The molecule has 0 radical (unpaired) electrons. The Balaban J connectivity index is 1.95. The number of hydrogen-bond donors (Lipinski definition) is 0. The van der Waals surface area contributed by atoms with E-state index in [0.717, 1.165) is 44.2 Å². The maximum atomic E-state index is 5.55. The molecule has 0 aromatic carbocycles. The third-order valence-corrected chi connectivity index (χ3v) is 3.58. The Morgan fingerprint density at radius 1 is 1.33 bits per heavy atom. The molecule has 1 rings (SSSR count). The van der Waals surface area contributed by atoms with Gasteiger partial charge in [-0.2, -0.15) is 0 Å². The number of likely N-dealkylation sites (tertiary alicyclic amines) is 1. The van der Waals surface area contributed by atoms with Crippen molar-refractivity contribution in [1.29, 1.82) is 0 Å². The molecule has 1 fully saturated rings. The molecule has 0 bridgehead atoms. The largest absolute Gasteiger partial charge is 0.385 e. The minimum absolute atomic E-state index is 0.729. The van der Waals surface area contributed by atoms with E-state index < -0.39 is 0 Å². The minimum atomic E-state index is 0.729. The number of nitrogens with zero attached hydrogens (tertiary/aromatic N) is 1. The molecule has 3 nitrogen and oxygen atoms in total. The standard InChI is InChI=1S/C11H22BrNO2/c1-14-7-3-8-15-9-6-13-5-2-4-11(13)10-12/h11H,2-10H2,1H3. The average molecular weight is 280 g/mol. The molecule has 90 valence electrons. The molecule has 0 aliphatic carbocycles. The molecule has 1 unspecified atom stereocenters. The van der Waals surface area contributed by atoms with Gasteiger partial charge in [-0.25, -0.2) is 0 Å². The zero-order valence-electron chi connectivity index (χ0n) is 9.58. The van der Waals surface area contributed by atoms with E-state index in [9.17, 15) is 0 Å². The Labute approximate surface area is 101 Å². The lowest BCUT2D eigenvalue weighted by molar-refractivity contribution is 0.0828. The van der Waals surface area contributed by atoms with E-state index >= 15 is 0 Å². The van der Waals surface area contributed by atoms with Gasteiger partial charge in [0.2, 0.25) is 0 Å². The van der Waals surface area contributed by atoms with Crippen LogP contribution >= 0.6 is 15.9 Å². The Hall–Kier alpha value is 0.360. The van der Waals surface area contributed by atoms with Crippen molar-refractivity contribution >= 4 is 15.9 Å². The van der Waals surface area contributed by atoms with E-state index in [1.54, 1.807) is 7.11 Å². The molecule has 0 N–H and O–H groups in total. The second-order valence-electron chi connectivity index (χ2n) is 3.95. The first kappa shape index (κ1) is 13.4. The second kappa shape index (κ2) is 8.50. The Bertz CT molecular complexity index is 158. The van der Waals surface area contributed by atoms with Crippen LogP contribution in [0.4, 0.5) is 0 Å². The zero-order valence-corrected chi connectivity index (χ0v) is 11.2. The van der Waals surface area contributed by atoms with Crippen molar-refractivity contribution in [3.05, 3.63) is 0 Å². The van der Waals surface area contributed by atoms with Crippen LogP contribution in [0.2, 0.25) is 0 Å². The van der Waals surface area contributed by atoms with Gasteiger partial charge < -0.3 is 9.47 Å². The maximum absolute atomic E-state index is 5.55. The lowest BCUT2D eigenvalue weighted by Crippen LogP contribution is -2.33. The first-order valence-electron chi connectivity index (χ1n) is 5.75. The van der Waals surface area contributed by atoms with Crippen molar-refractivity contribution < 1.29 is 9.47 Å². The van der Waals surface area contributed by atoms with E-state index in [2.05, 4.69) is 20.8 Å². The molecular weight excluding hydrogens is 258 g/mol. The van der Waals surface area contributed by atoms with Gasteiger partial charge in [0.1, 0.15) is 0 Å². The van der Waals surface area contributed by atoms with Gasteiger partial charge in [-0.05, 0) is 25.8 Å². The first-order chi connectivity index (χ1) is 7.38. The van der Waals surface area contributed by atoms with E-state index in [0.29, 0.717) is 0 Å². The molecule has 0 aromatic heterocycles. The number of halogens is 1. The highest BCUT2D eigenvalue weighted by molar-refractivity contribution is 9.09. The summed E-state index contributed by atoms with van der Waals surface area (Å²) < 4.78 is 10.5. The fraction of sp³-hybridized carbons (Fsp3) is 1.00. The van der Waals surface area contributed by atoms with Crippen LogP contribution in [0.15, 0.2) is 0 Å². The lowest BCUT2D eigenvalue weighted by Gasteiger charge is -2.22. The summed E-state index contributed by atoms with van der Waals surface area (Å²) in [5.74, 6) is 0. The SMILES string of the molecule is COCCCOCCN1CCCC1CBr. The Morgan fingerprint density at radius 3 is 2.93 bits per heavy atom. The van der Waals surface area contributed by atoms with Gasteiger partial charge in [0.05, 0.1) is 6.61 Å². The molecule has 1 atom stereocenters. The predicted octanol–water partition coefficient (Wildman–Crippen LogP) is 1.90. The van der Waals surface area contributed by atoms with Gasteiger partial charge in [-0.3, -0.25) is 4.90 Å². The van der Waals surface area contributed by atoms with Crippen LogP contribution < -0.4 is 0 Å². The maximum Gasteiger partial charge on any atom is 0.0593 e. The van der Waals surface area contributed by atoms with E-state index in [1.807, 2.05) is 0 Å². The molecule has 1 saturated heterocycles. The molecule has 0 saturated carbocycles. The van der Waals surface area contributed by atoms with Crippen LogP contribution in [-0.4, -0.2) is 56.3 Å². The highest BCUT2D eigenvalue weighted by Crippen LogP contribution is 2.18. The van der Waals surface area contributed by atoms with Crippen LogP contribution in [0.5, 0.6) is 0 Å². The van der Waals surface area contributed by atoms with Crippen LogP contribution in [0.1, 0.15) is 19.3 Å². The van der Waals surface area contributed by atoms with Crippen molar-refractivity contribution in [2.75, 3.05) is 45.4 Å². The highest BCUT2D eigenvalue weighted by Gasteiger charge is 2.22. The van der Waals surface area contributed by atoms with Crippen LogP contribution in [0, 0.1) is 0 Å². The molecule has 4 heteroatoms. The zero-order chi connectivity index (χ0) is 10.9. The third kappa shape index (κ3) is 5.29. The first-order valence-corrected chi connectivity index (χ1v) is 6.87. The monoisotopic (exact) mass is 279 g/mol. The van der Waals surface area contributed by atoms with Crippen molar-refractivity contribution in [2.45, 2.75) is 25.3 Å². The van der Waals surface area contributed by atoms with Gasteiger partial charge in [-0.1, -0.05) is 15.9 Å². The normalized spacial score (nSPS) is 22.4. The molecule has 1 aliphatic rings. The molecular formula is C11H22BrNO2. The van der Waals surface area contributed by atoms with Gasteiger partial charge in [0.25, 0.3) is 0 Å².